The normalized spacial score (nSPS) is 18.0. The Morgan fingerprint density at radius 3 is 2.40 bits per heavy atom. The number of methoxy groups -OCH3 is 1. The molecule has 6 nitrogen and oxygen atoms in total. The highest BCUT2D eigenvalue weighted by atomic mass is 35.5. The van der Waals surface area contributed by atoms with E-state index in [0.29, 0.717) is 47.2 Å². The minimum Gasteiger partial charge on any atom is -0.507 e. The summed E-state index contributed by atoms with van der Waals surface area (Å²) >= 11 is 6.19. The number of aliphatic hydroxyl groups excluding tert-OH is 1. The third-order valence-corrected chi connectivity index (χ3v) is 5.23. The monoisotopic (exact) mass is 429 g/mol. The van der Waals surface area contributed by atoms with Crippen LogP contribution in [0.1, 0.15) is 37.4 Å². The van der Waals surface area contributed by atoms with E-state index in [1.165, 1.54) is 18.1 Å². The maximum Gasteiger partial charge on any atom is 0.295 e. The van der Waals surface area contributed by atoms with Crippen LogP contribution in [0.3, 0.4) is 0 Å². The van der Waals surface area contributed by atoms with Crippen molar-refractivity contribution in [1.82, 2.24) is 4.90 Å². The molecule has 1 aliphatic heterocycles. The zero-order chi connectivity index (χ0) is 21.8. The first-order valence-corrected chi connectivity index (χ1v) is 10.2. The fourth-order valence-corrected chi connectivity index (χ4v) is 3.84. The fraction of sp³-hybridized carbons (Fsp3) is 0.304. The quantitative estimate of drug-likeness (QED) is 0.396. The zero-order valence-electron chi connectivity index (χ0n) is 17.1. The van der Waals surface area contributed by atoms with Crippen molar-refractivity contribution in [3.63, 3.8) is 0 Å². The number of carbonyl (C=O) groups excluding carboxylic acids is 2. The second-order valence-electron chi connectivity index (χ2n) is 6.84. The zero-order valence-corrected chi connectivity index (χ0v) is 17.9. The highest BCUT2D eigenvalue weighted by Crippen LogP contribution is 2.40. The van der Waals surface area contributed by atoms with Crippen LogP contribution in [0.25, 0.3) is 5.76 Å². The van der Waals surface area contributed by atoms with Gasteiger partial charge >= 0.3 is 0 Å². The lowest BCUT2D eigenvalue weighted by molar-refractivity contribution is -0.139. The number of ether oxygens (including phenoxy) is 2. The predicted molar refractivity (Wildman–Crippen MR) is 115 cm³/mol. The lowest BCUT2D eigenvalue weighted by Gasteiger charge is -2.25. The number of nitrogens with zero attached hydrogens (tertiary/aromatic N) is 1. The summed E-state index contributed by atoms with van der Waals surface area (Å²) in [4.78, 5) is 27.1. The second-order valence-corrected chi connectivity index (χ2v) is 7.25. The van der Waals surface area contributed by atoms with Crippen LogP contribution in [0.5, 0.6) is 11.5 Å². The molecule has 1 saturated heterocycles. The Bertz CT molecular complexity index is 984. The summed E-state index contributed by atoms with van der Waals surface area (Å²) < 4.78 is 10.6. The minimum absolute atomic E-state index is 0.0406. The molecule has 1 fully saturated rings. The number of Topliss-reactive ketones (excluding diaryl/α,β-unsaturated/α-hetero) is 1. The van der Waals surface area contributed by atoms with Gasteiger partial charge in [0.05, 0.1) is 30.4 Å². The van der Waals surface area contributed by atoms with Gasteiger partial charge in [-0.25, -0.2) is 0 Å². The van der Waals surface area contributed by atoms with Crippen LogP contribution < -0.4 is 9.47 Å². The Kier molecular flexibility index (Phi) is 6.67. The molecule has 3 rings (SSSR count). The van der Waals surface area contributed by atoms with Crippen molar-refractivity contribution in [1.29, 1.82) is 0 Å². The molecule has 158 valence electrons. The summed E-state index contributed by atoms with van der Waals surface area (Å²) in [6.45, 7) is 4.75. The van der Waals surface area contributed by atoms with E-state index in [1.807, 2.05) is 13.8 Å². The van der Waals surface area contributed by atoms with Crippen molar-refractivity contribution >= 4 is 29.1 Å². The summed E-state index contributed by atoms with van der Waals surface area (Å²) in [7, 11) is 1.49. The molecule has 0 bridgehead atoms. The van der Waals surface area contributed by atoms with Crippen LogP contribution >= 0.6 is 11.6 Å². The van der Waals surface area contributed by atoms with Gasteiger partial charge in [0, 0.05) is 12.1 Å². The third-order valence-electron chi connectivity index (χ3n) is 4.94. The van der Waals surface area contributed by atoms with E-state index in [1.54, 1.807) is 36.4 Å². The van der Waals surface area contributed by atoms with E-state index in [4.69, 9.17) is 21.1 Å². The standard InChI is InChI=1S/C23H24ClNO5/c1-4-12-25-20(14-6-9-16(10-7-14)30-5-2)19(22(27)23(25)28)21(26)15-8-11-18(29-3)17(24)13-15/h6-11,13,20,26H,4-5,12H2,1-3H3/b21-19-. The molecular formula is C23H24ClNO5. The van der Waals surface area contributed by atoms with Gasteiger partial charge in [0.1, 0.15) is 17.3 Å². The number of aliphatic hydroxyl groups is 1. The van der Waals surface area contributed by atoms with Crippen molar-refractivity contribution < 1.29 is 24.2 Å². The SMILES string of the molecule is CCCN1C(=O)C(=O)/C(=C(\O)c2ccc(OC)c(Cl)c2)C1c1ccc(OCC)cc1. The number of benzene rings is 2. The smallest absolute Gasteiger partial charge is 0.295 e. The van der Waals surface area contributed by atoms with E-state index in [-0.39, 0.29) is 11.3 Å². The Hall–Kier alpha value is -2.99. The number of carbonyl (C=O) groups is 2. The van der Waals surface area contributed by atoms with Gasteiger partial charge in [0.2, 0.25) is 0 Å². The number of hydrogen-bond acceptors (Lipinski definition) is 5. The average Bonchev–Trinajstić information content (AvgIpc) is 2.99. The van der Waals surface area contributed by atoms with Crippen molar-refractivity contribution in [3.8, 4) is 11.5 Å². The van der Waals surface area contributed by atoms with Crippen molar-refractivity contribution in [2.45, 2.75) is 26.3 Å². The highest BCUT2D eigenvalue weighted by Gasteiger charge is 2.45. The maximum absolute atomic E-state index is 12.9. The molecule has 1 aliphatic rings. The van der Waals surface area contributed by atoms with Crippen molar-refractivity contribution in [2.75, 3.05) is 20.3 Å². The average molecular weight is 430 g/mol. The van der Waals surface area contributed by atoms with Crippen molar-refractivity contribution in [3.05, 3.63) is 64.2 Å². The summed E-state index contributed by atoms with van der Waals surface area (Å²) in [5.41, 5.74) is 1.09. The van der Waals surface area contributed by atoms with Gasteiger partial charge in [-0.3, -0.25) is 9.59 Å². The van der Waals surface area contributed by atoms with Crippen molar-refractivity contribution in [2.24, 2.45) is 0 Å². The van der Waals surface area contributed by atoms with E-state index in [2.05, 4.69) is 0 Å². The van der Waals surface area contributed by atoms with Gasteiger partial charge in [0.25, 0.3) is 11.7 Å². The van der Waals surface area contributed by atoms with Crippen LogP contribution in [0.4, 0.5) is 0 Å². The second kappa shape index (κ2) is 9.22. The first-order chi connectivity index (χ1) is 14.4. The fourth-order valence-electron chi connectivity index (χ4n) is 3.58. The molecule has 0 spiro atoms. The van der Waals surface area contributed by atoms with Crippen LogP contribution in [0, 0.1) is 0 Å². The molecule has 0 aliphatic carbocycles. The van der Waals surface area contributed by atoms with Gasteiger partial charge in [-0.05, 0) is 49.2 Å². The molecule has 0 aromatic heterocycles. The molecule has 1 heterocycles. The lowest BCUT2D eigenvalue weighted by Crippen LogP contribution is -2.30. The number of amides is 1. The van der Waals surface area contributed by atoms with Gasteiger partial charge in [-0.15, -0.1) is 0 Å². The number of hydrogen-bond donors (Lipinski definition) is 1. The van der Waals surface area contributed by atoms with E-state index < -0.39 is 17.7 Å². The molecular weight excluding hydrogens is 406 g/mol. The van der Waals surface area contributed by atoms with Gasteiger partial charge in [0.15, 0.2) is 0 Å². The number of ketones is 1. The Balaban J connectivity index is 2.13. The lowest BCUT2D eigenvalue weighted by atomic mass is 9.95. The summed E-state index contributed by atoms with van der Waals surface area (Å²) in [5, 5.41) is 11.3. The topological polar surface area (TPSA) is 76.1 Å². The first kappa shape index (κ1) is 21.7. The molecule has 0 saturated carbocycles. The molecule has 7 heteroatoms. The molecule has 0 radical (unpaired) electrons. The number of rotatable bonds is 7. The predicted octanol–water partition coefficient (Wildman–Crippen LogP) is 4.58. The summed E-state index contributed by atoms with van der Waals surface area (Å²) in [6.07, 6.45) is 0.676. The molecule has 2 aromatic carbocycles. The molecule has 1 atom stereocenters. The van der Waals surface area contributed by atoms with Crippen LogP contribution in [0.2, 0.25) is 5.02 Å². The van der Waals surface area contributed by atoms with E-state index >= 15 is 0 Å². The molecule has 1 amide bonds. The molecule has 1 N–H and O–H groups in total. The summed E-state index contributed by atoms with van der Waals surface area (Å²) in [5.74, 6) is -0.475. The first-order valence-electron chi connectivity index (χ1n) is 9.78. The van der Waals surface area contributed by atoms with Gasteiger partial charge in [-0.2, -0.15) is 0 Å². The highest BCUT2D eigenvalue weighted by molar-refractivity contribution is 6.46. The number of halogens is 1. The van der Waals surface area contributed by atoms with Gasteiger partial charge < -0.3 is 19.5 Å². The molecule has 2 aromatic rings. The Morgan fingerprint density at radius 2 is 1.83 bits per heavy atom. The minimum atomic E-state index is -0.716. The number of likely N-dealkylation sites (tertiary alicyclic amines) is 1. The van der Waals surface area contributed by atoms with E-state index in [9.17, 15) is 14.7 Å². The largest absolute Gasteiger partial charge is 0.507 e. The van der Waals surface area contributed by atoms with Crippen LogP contribution in [-0.4, -0.2) is 42.0 Å². The maximum atomic E-state index is 12.9. The Morgan fingerprint density at radius 1 is 1.13 bits per heavy atom. The Labute approximate surface area is 180 Å². The van der Waals surface area contributed by atoms with Gasteiger partial charge in [-0.1, -0.05) is 30.7 Å². The summed E-state index contributed by atoms with van der Waals surface area (Å²) in [6, 6.07) is 11.2. The van der Waals surface area contributed by atoms with E-state index in [0.717, 1.165) is 0 Å². The third kappa shape index (κ3) is 4.00. The molecule has 1 unspecified atom stereocenters. The van der Waals surface area contributed by atoms with Crippen LogP contribution in [-0.2, 0) is 9.59 Å². The van der Waals surface area contributed by atoms with Crippen LogP contribution in [0.15, 0.2) is 48.0 Å². The molecule has 30 heavy (non-hydrogen) atoms.